The zero-order valence-electron chi connectivity index (χ0n) is 25.5. The molecule has 0 radical (unpaired) electrons. The summed E-state index contributed by atoms with van der Waals surface area (Å²) < 4.78 is 0. The molecule has 8 heteroatoms. The average molecular weight is 629 g/mol. The van der Waals surface area contributed by atoms with E-state index in [1.807, 2.05) is 24.3 Å². The predicted octanol–water partition coefficient (Wildman–Crippen LogP) is 8.45. The molecule has 0 bridgehead atoms. The molecule has 6 aromatic carbocycles. The highest BCUT2D eigenvalue weighted by molar-refractivity contribution is 6.32. The molecule has 1 aliphatic rings. The summed E-state index contributed by atoms with van der Waals surface area (Å²) in [5, 5.41) is 12.5. The maximum Gasteiger partial charge on any atom is 0.255 e. The number of anilines is 6. The van der Waals surface area contributed by atoms with Gasteiger partial charge in [0, 0.05) is 22.3 Å². The number of hydrogen-bond acceptors (Lipinski definition) is 6. The minimum Gasteiger partial charge on any atom is -0.353 e. The first-order chi connectivity index (χ1) is 23.5. The number of carbonyl (C=O) groups excluding carboxylic acids is 4. The first-order valence-electron chi connectivity index (χ1n) is 15.3. The zero-order valence-corrected chi connectivity index (χ0v) is 25.5. The highest BCUT2D eigenvalue weighted by Gasteiger charge is 2.34. The quantitative estimate of drug-likeness (QED) is 0.134. The lowest BCUT2D eigenvalue weighted by Crippen LogP contribution is -2.23. The van der Waals surface area contributed by atoms with Crippen LogP contribution in [0, 0.1) is 0 Å². The lowest BCUT2D eigenvalue weighted by atomic mass is 9.82. The van der Waals surface area contributed by atoms with Crippen LogP contribution in [0.1, 0.15) is 52.6 Å². The van der Waals surface area contributed by atoms with E-state index in [9.17, 15) is 19.2 Å². The van der Waals surface area contributed by atoms with Crippen molar-refractivity contribution >= 4 is 57.5 Å². The summed E-state index contributed by atoms with van der Waals surface area (Å²) in [7, 11) is 0. The molecule has 0 atom stereocenters. The van der Waals surface area contributed by atoms with Gasteiger partial charge in [0.15, 0.2) is 11.6 Å². The highest BCUT2D eigenvalue weighted by Crippen LogP contribution is 2.40. The summed E-state index contributed by atoms with van der Waals surface area (Å²) in [5.74, 6) is -1.21. The van der Waals surface area contributed by atoms with E-state index in [1.165, 1.54) is 0 Å². The molecular formula is C40H28N4O4. The maximum atomic E-state index is 14.1. The predicted molar refractivity (Wildman–Crippen MR) is 188 cm³/mol. The first-order valence-corrected chi connectivity index (χ1v) is 15.3. The number of hydrogen-bond donors (Lipinski definition) is 4. The second-order valence-corrected chi connectivity index (χ2v) is 11.1. The Labute approximate surface area is 276 Å². The third-order valence-electron chi connectivity index (χ3n) is 8.04. The van der Waals surface area contributed by atoms with Gasteiger partial charge in [-0.3, -0.25) is 19.2 Å². The number of nitrogens with one attached hydrogen (secondary N) is 4. The summed E-state index contributed by atoms with van der Waals surface area (Å²) in [6, 6.07) is 42.2. The van der Waals surface area contributed by atoms with Crippen molar-refractivity contribution in [2.75, 3.05) is 21.3 Å². The van der Waals surface area contributed by atoms with Crippen molar-refractivity contribution in [2.24, 2.45) is 0 Å². The number of benzene rings is 6. The van der Waals surface area contributed by atoms with Crippen LogP contribution < -0.4 is 21.3 Å². The smallest absolute Gasteiger partial charge is 0.255 e. The van der Waals surface area contributed by atoms with Crippen molar-refractivity contribution in [3.63, 3.8) is 0 Å². The van der Waals surface area contributed by atoms with Crippen molar-refractivity contribution in [3.05, 3.63) is 179 Å². The largest absolute Gasteiger partial charge is 0.353 e. The third-order valence-corrected chi connectivity index (χ3v) is 8.04. The number of carbonyl (C=O) groups is 4. The molecule has 0 saturated heterocycles. The van der Waals surface area contributed by atoms with Gasteiger partial charge in [-0.05, 0) is 60.7 Å². The summed E-state index contributed by atoms with van der Waals surface area (Å²) in [5.41, 5.74) is 4.86. The Hall–Kier alpha value is -6.80. The first kappa shape index (κ1) is 29.9. The van der Waals surface area contributed by atoms with Gasteiger partial charge in [-0.1, -0.05) is 84.9 Å². The minimum atomic E-state index is -0.317. The third kappa shape index (κ3) is 5.81. The SMILES string of the molecule is O=C(Nc1ccccc1Nc1ccc(Nc2ccccc2NC(=O)c2ccccc2)c2c1C(=O)c1ccccc1C2=O)c1ccccc1. The molecule has 4 N–H and O–H groups in total. The lowest BCUT2D eigenvalue weighted by Gasteiger charge is -2.25. The van der Waals surface area contributed by atoms with Gasteiger partial charge in [0.2, 0.25) is 0 Å². The van der Waals surface area contributed by atoms with Gasteiger partial charge in [0.25, 0.3) is 11.8 Å². The molecule has 48 heavy (non-hydrogen) atoms. The second kappa shape index (κ2) is 12.9. The van der Waals surface area contributed by atoms with Crippen LogP contribution in [0.25, 0.3) is 0 Å². The van der Waals surface area contributed by atoms with Crippen LogP contribution in [-0.4, -0.2) is 23.4 Å². The van der Waals surface area contributed by atoms with E-state index >= 15 is 0 Å². The normalized spacial score (nSPS) is 11.6. The van der Waals surface area contributed by atoms with Gasteiger partial charge in [0.05, 0.1) is 45.3 Å². The monoisotopic (exact) mass is 628 g/mol. The molecule has 0 heterocycles. The van der Waals surface area contributed by atoms with Gasteiger partial charge >= 0.3 is 0 Å². The van der Waals surface area contributed by atoms with Crippen LogP contribution in [0.15, 0.2) is 146 Å². The number of ketones is 2. The van der Waals surface area contributed by atoms with E-state index in [2.05, 4.69) is 21.3 Å². The number of rotatable bonds is 8. The van der Waals surface area contributed by atoms with E-state index in [4.69, 9.17) is 0 Å². The van der Waals surface area contributed by atoms with Gasteiger partial charge in [-0.25, -0.2) is 0 Å². The van der Waals surface area contributed by atoms with Gasteiger partial charge < -0.3 is 21.3 Å². The Bertz CT molecular complexity index is 2060. The second-order valence-electron chi connectivity index (χ2n) is 11.1. The van der Waals surface area contributed by atoms with Crippen molar-refractivity contribution in [2.45, 2.75) is 0 Å². The molecule has 0 fully saturated rings. The Balaban J connectivity index is 1.27. The van der Waals surface area contributed by atoms with Crippen molar-refractivity contribution < 1.29 is 19.2 Å². The van der Waals surface area contributed by atoms with E-state index < -0.39 is 0 Å². The Kier molecular flexibility index (Phi) is 8.03. The summed E-state index contributed by atoms with van der Waals surface area (Å²) >= 11 is 0. The fourth-order valence-electron chi connectivity index (χ4n) is 5.69. The van der Waals surface area contributed by atoms with Gasteiger partial charge in [-0.2, -0.15) is 0 Å². The fraction of sp³-hybridized carbons (Fsp3) is 0. The molecule has 232 valence electrons. The molecule has 1 aliphatic carbocycles. The van der Waals surface area contributed by atoms with Crippen molar-refractivity contribution in [1.29, 1.82) is 0 Å². The average Bonchev–Trinajstić information content (AvgIpc) is 3.13. The van der Waals surface area contributed by atoms with Gasteiger partial charge in [-0.15, -0.1) is 0 Å². The summed E-state index contributed by atoms with van der Waals surface area (Å²) in [4.78, 5) is 54.3. The van der Waals surface area contributed by atoms with E-state index in [-0.39, 0.29) is 34.5 Å². The topological polar surface area (TPSA) is 116 Å². The molecule has 7 rings (SSSR count). The minimum absolute atomic E-state index is 0.193. The van der Waals surface area contributed by atoms with E-state index in [1.54, 1.807) is 121 Å². The van der Waals surface area contributed by atoms with E-state index in [0.717, 1.165) is 0 Å². The number of fused-ring (bicyclic) bond motifs is 2. The fourth-order valence-corrected chi connectivity index (χ4v) is 5.69. The van der Waals surface area contributed by atoms with Crippen LogP contribution in [-0.2, 0) is 0 Å². The lowest BCUT2D eigenvalue weighted by molar-refractivity contribution is 0.0980. The molecular weight excluding hydrogens is 600 g/mol. The molecule has 6 aromatic rings. The molecule has 0 spiro atoms. The Morgan fingerprint density at radius 2 is 0.688 bits per heavy atom. The van der Waals surface area contributed by atoms with Crippen molar-refractivity contribution in [3.8, 4) is 0 Å². The molecule has 0 saturated carbocycles. The summed E-state index contributed by atoms with van der Waals surface area (Å²) in [6.45, 7) is 0. The zero-order chi connectivity index (χ0) is 33.0. The highest BCUT2D eigenvalue weighted by atomic mass is 16.2. The Morgan fingerprint density at radius 1 is 0.354 bits per heavy atom. The van der Waals surface area contributed by atoms with Crippen molar-refractivity contribution in [1.82, 2.24) is 0 Å². The molecule has 0 unspecified atom stereocenters. The van der Waals surface area contributed by atoms with Crippen LogP contribution in [0.5, 0.6) is 0 Å². The molecule has 0 aromatic heterocycles. The van der Waals surface area contributed by atoms with Crippen LogP contribution in [0.4, 0.5) is 34.1 Å². The standard InChI is InChI=1S/C40H28N4O4/c45-37-27-17-7-8-18-28(27)38(46)36-34(42-30-20-10-12-22-32(30)44-40(48)26-15-5-2-6-16-26)24-23-33(35(36)37)41-29-19-9-11-21-31(29)43-39(47)25-13-3-1-4-14-25/h1-24,41-42H,(H,43,47)(H,44,48). The molecule has 2 amide bonds. The molecule has 0 aliphatic heterocycles. The van der Waals surface area contributed by atoms with E-state index in [0.29, 0.717) is 56.4 Å². The van der Waals surface area contributed by atoms with Gasteiger partial charge in [0.1, 0.15) is 0 Å². The number of para-hydroxylation sites is 4. The summed E-state index contributed by atoms with van der Waals surface area (Å²) in [6.07, 6.45) is 0. The maximum absolute atomic E-state index is 14.1. The number of amides is 2. The molecule has 8 nitrogen and oxygen atoms in total. The van der Waals surface area contributed by atoms with Crippen LogP contribution in [0.3, 0.4) is 0 Å². The van der Waals surface area contributed by atoms with Crippen LogP contribution in [0.2, 0.25) is 0 Å². The van der Waals surface area contributed by atoms with Crippen LogP contribution >= 0.6 is 0 Å². The Morgan fingerprint density at radius 3 is 1.08 bits per heavy atom.